The van der Waals surface area contributed by atoms with Gasteiger partial charge in [0.15, 0.2) is 0 Å². The van der Waals surface area contributed by atoms with E-state index in [1.165, 1.54) is 6.07 Å². The molecule has 23 heavy (non-hydrogen) atoms. The number of aromatic nitrogens is 1. The summed E-state index contributed by atoms with van der Waals surface area (Å²) < 4.78 is 27.9. The minimum atomic E-state index is -3.87. The fourth-order valence-corrected chi connectivity index (χ4v) is 3.77. The molecule has 0 bridgehead atoms. The third kappa shape index (κ3) is 2.85. The van der Waals surface area contributed by atoms with E-state index in [1.54, 1.807) is 49.5 Å². The molecular formula is C17H16N2O3S. The first-order chi connectivity index (χ1) is 10.9. The van der Waals surface area contributed by atoms with Gasteiger partial charge >= 0.3 is 0 Å². The first kappa shape index (κ1) is 15.3. The lowest BCUT2D eigenvalue weighted by Crippen LogP contribution is -2.14. The minimum Gasteiger partial charge on any atom is -0.505 e. The smallest absolute Gasteiger partial charge is 0.264 e. The molecular weight excluding hydrogens is 312 g/mol. The van der Waals surface area contributed by atoms with Gasteiger partial charge in [0.05, 0.1) is 11.2 Å². The molecule has 0 aliphatic carbocycles. The molecule has 3 aromatic rings. The van der Waals surface area contributed by atoms with E-state index in [0.29, 0.717) is 11.1 Å². The summed E-state index contributed by atoms with van der Waals surface area (Å²) in [6.45, 7) is 3.56. The van der Waals surface area contributed by atoms with Gasteiger partial charge in [-0.05, 0) is 43.2 Å². The van der Waals surface area contributed by atoms with Crippen molar-refractivity contribution in [1.29, 1.82) is 0 Å². The lowest BCUT2D eigenvalue weighted by atomic mass is 10.1. The quantitative estimate of drug-likeness (QED) is 0.723. The van der Waals surface area contributed by atoms with Gasteiger partial charge in [0.2, 0.25) is 0 Å². The van der Waals surface area contributed by atoms with E-state index in [1.807, 2.05) is 6.92 Å². The topological polar surface area (TPSA) is 79.3 Å². The van der Waals surface area contributed by atoms with Crippen molar-refractivity contribution >= 4 is 26.6 Å². The van der Waals surface area contributed by atoms with E-state index < -0.39 is 10.0 Å². The molecule has 0 radical (unpaired) electrons. The SMILES string of the molecule is Cc1cc(C)c(O)c(NS(=O)(=O)c2cccc3cccnc23)c1. The van der Waals surface area contributed by atoms with E-state index in [-0.39, 0.29) is 16.3 Å². The zero-order valence-corrected chi connectivity index (χ0v) is 13.6. The van der Waals surface area contributed by atoms with Crippen molar-refractivity contribution in [2.24, 2.45) is 0 Å². The lowest BCUT2D eigenvalue weighted by molar-refractivity contribution is 0.473. The van der Waals surface area contributed by atoms with E-state index in [2.05, 4.69) is 9.71 Å². The molecule has 0 saturated heterocycles. The maximum absolute atomic E-state index is 12.7. The van der Waals surface area contributed by atoms with Gasteiger partial charge in [-0.1, -0.05) is 24.3 Å². The maximum atomic E-state index is 12.7. The van der Waals surface area contributed by atoms with E-state index >= 15 is 0 Å². The van der Waals surface area contributed by atoms with Crippen LogP contribution in [0.5, 0.6) is 5.75 Å². The van der Waals surface area contributed by atoms with Crippen LogP contribution >= 0.6 is 0 Å². The summed E-state index contributed by atoms with van der Waals surface area (Å²) in [4.78, 5) is 4.24. The molecule has 118 valence electrons. The Balaban J connectivity index is 2.12. The molecule has 3 rings (SSSR count). The molecule has 6 heteroatoms. The molecule has 0 spiro atoms. The number of phenolic OH excluding ortho intramolecular Hbond substituents is 1. The number of nitrogens with one attached hydrogen (secondary N) is 1. The number of fused-ring (bicyclic) bond motifs is 1. The Kier molecular flexibility index (Phi) is 3.69. The number of anilines is 1. The molecule has 2 aromatic carbocycles. The molecule has 0 saturated carbocycles. The van der Waals surface area contributed by atoms with Crippen LogP contribution in [0, 0.1) is 13.8 Å². The highest BCUT2D eigenvalue weighted by Crippen LogP contribution is 2.31. The Labute approximate surface area is 134 Å². The summed E-state index contributed by atoms with van der Waals surface area (Å²) in [5.74, 6) is -0.0765. The van der Waals surface area contributed by atoms with Crippen LogP contribution in [0.15, 0.2) is 53.6 Å². The molecule has 0 fully saturated rings. The highest BCUT2D eigenvalue weighted by Gasteiger charge is 2.20. The Morgan fingerprint density at radius 3 is 2.61 bits per heavy atom. The van der Waals surface area contributed by atoms with Crippen molar-refractivity contribution < 1.29 is 13.5 Å². The summed E-state index contributed by atoms with van der Waals surface area (Å²) in [5, 5.41) is 10.8. The third-order valence-corrected chi connectivity index (χ3v) is 4.97. The molecule has 0 amide bonds. The van der Waals surface area contributed by atoms with Gasteiger partial charge in [-0.25, -0.2) is 8.42 Å². The zero-order valence-electron chi connectivity index (χ0n) is 12.7. The number of phenols is 1. The average molecular weight is 328 g/mol. The molecule has 0 aliphatic heterocycles. The third-order valence-electron chi connectivity index (χ3n) is 3.57. The maximum Gasteiger partial charge on any atom is 0.264 e. The van der Waals surface area contributed by atoms with Crippen LogP contribution < -0.4 is 4.72 Å². The number of aromatic hydroxyl groups is 1. The van der Waals surface area contributed by atoms with Gasteiger partial charge in [0, 0.05) is 11.6 Å². The lowest BCUT2D eigenvalue weighted by Gasteiger charge is -2.13. The number of para-hydroxylation sites is 1. The predicted molar refractivity (Wildman–Crippen MR) is 90.1 cm³/mol. The van der Waals surface area contributed by atoms with E-state index in [0.717, 1.165) is 10.9 Å². The largest absolute Gasteiger partial charge is 0.505 e. The molecule has 0 aliphatic rings. The summed E-state index contributed by atoms with van der Waals surface area (Å²) in [6, 6.07) is 11.9. The van der Waals surface area contributed by atoms with Crippen molar-refractivity contribution in [3.05, 3.63) is 59.8 Å². The minimum absolute atomic E-state index is 0.0765. The number of hydrogen-bond acceptors (Lipinski definition) is 4. The van der Waals surface area contributed by atoms with Crippen LogP contribution in [-0.2, 0) is 10.0 Å². The molecule has 2 N–H and O–H groups in total. The van der Waals surface area contributed by atoms with Crippen LogP contribution in [0.2, 0.25) is 0 Å². The highest BCUT2D eigenvalue weighted by atomic mass is 32.2. The Hall–Kier alpha value is -2.60. The number of hydrogen-bond donors (Lipinski definition) is 2. The number of sulfonamides is 1. The average Bonchev–Trinajstić information content (AvgIpc) is 2.51. The fraction of sp³-hybridized carbons (Fsp3) is 0.118. The Morgan fingerprint density at radius 1 is 1.09 bits per heavy atom. The van der Waals surface area contributed by atoms with Crippen molar-refractivity contribution in [2.45, 2.75) is 18.7 Å². The van der Waals surface area contributed by atoms with Crippen molar-refractivity contribution in [2.75, 3.05) is 4.72 Å². The fourth-order valence-electron chi connectivity index (χ4n) is 2.53. The van der Waals surface area contributed by atoms with Crippen molar-refractivity contribution in [3.8, 4) is 5.75 Å². The van der Waals surface area contributed by atoms with Crippen LogP contribution in [0.3, 0.4) is 0 Å². The molecule has 0 unspecified atom stereocenters. The van der Waals surface area contributed by atoms with Gasteiger partial charge < -0.3 is 5.11 Å². The first-order valence-electron chi connectivity index (χ1n) is 7.05. The number of nitrogens with zero attached hydrogens (tertiary/aromatic N) is 1. The monoisotopic (exact) mass is 328 g/mol. The van der Waals surface area contributed by atoms with Crippen LogP contribution in [0.4, 0.5) is 5.69 Å². The Bertz CT molecular complexity index is 993. The van der Waals surface area contributed by atoms with Crippen LogP contribution in [0.1, 0.15) is 11.1 Å². The predicted octanol–water partition coefficient (Wildman–Crippen LogP) is 3.36. The highest BCUT2D eigenvalue weighted by molar-refractivity contribution is 7.93. The summed E-state index contributed by atoms with van der Waals surface area (Å²) in [7, 11) is -3.87. The van der Waals surface area contributed by atoms with Gasteiger partial charge in [0.25, 0.3) is 10.0 Å². The second-order valence-electron chi connectivity index (χ2n) is 5.41. The van der Waals surface area contributed by atoms with Crippen molar-refractivity contribution in [1.82, 2.24) is 4.98 Å². The molecule has 0 atom stereocenters. The first-order valence-corrected chi connectivity index (χ1v) is 8.53. The zero-order chi connectivity index (χ0) is 16.6. The second-order valence-corrected chi connectivity index (χ2v) is 7.07. The van der Waals surface area contributed by atoms with E-state index in [9.17, 15) is 13.5 Å². The number of rotatable bonds is 3. The van der Waals surface area contributed by atoms with Gasteiger partial charge in [0.1, 0.15) is 10.6 Å². The molecule has 5 nitrogen and oxygen atoms in total. The second kappa shape index (κ2) is 5.55. The van der Waals surface area contributed by atoms with Gasteiger partial charge in [-0.3, -0.25) is 9.71 Å². The number of aryl methyl sites for hydroxylation is 2. The summed E-state index contributed by atoms with van der Waals surface area (Å²) in [5.41, 5.74) is 2.02. The van der Waals surface area contributed by atoms with Crippen LogP contribution in [-0.4, -0.2) is 18.5 Å². The van der Waals surface area contributed by atoms with Crippen LogP contribution in [0.25, 0.3) is 10.9 Å². The Morgan fingerprint density at radius 2 is 1.83 bits per heavy atom. The summed E-state index contributed by atoms with van der Waals surface area (Å²) in [6.07, 6.45) is 1.55. The van der Waals surface area contributed by atoms with Crippen molar-refractivity contribution in [3.63, 3.8) is 0 Å². The number of pyridine rings is 1. The van der Waals surface area contributed by atoms with Gasteiger partial charge in [-0.15, -0.1) is 0 Å². The standard InChI is InChI=1S/C17H16N2O3S/c1-11-9-12(2)17(20)14(10-11)19-23(21,22)15-7-3-5-13-6-4-8-18-16(13)15/h3-10,19-20H,1-2H3. The summed E-state index contributed by atoms with van der Waals surface area (Å²) >= 11 is 0. The molecule has 1 aromatic heterocycles. The van der Waals surface area contributed by atoms with E-state index in [4.69, 9.17) is 0 Å². The van der Waals surface area contributed by atoms with Gasteiger partial charge in [-0.2, -0.15) is 0 Å². The molecule has 1 heterocycles. The normalized spacial score (nSPS) is 11.6. The number of benzene rings is 2.